The molecule has 364 valence electrons. The van der Waals surface area contributed by atoms with E-state index < -0.39 is 12.1 Å². The molecule has 0 radical (unpaired) electrons. The van der Waals surface area contributed by atoms with Gasteiger partial charge in [-0.3, -0.25) is 4.79 Å². The highest BCUT2D eigenvalue weighted by Crippen LogP contribution is 2.16. The molecule has 2 atom stereocenters. The third kappa shape index (κ3) is 50.4. The molecule has 0 spiro atoms. The molecule has 0 aliphatic carbocycles. The second-order valence-electron chi connectivity index (χ2n) is 18.3. The summed E-state index contributed by atoms with van der Waals surface area (Å²) in [5.74, 6) is -0.0815. The molecule has 4 heteroatoms. The molecule has 0 aromatic carbocycles. The zero-order valence-electron chi connectivity index (χ0n) is 41.8. The summed E-state index contributed by atoms with van der Waals surface area (Å²) in [5.41, 5.74) is 0. The normalized spacial score (nSPS) is 13.5. The third-order valence-electron chi connectivity index (χ3n) is 12.1. The first-order valence-corrected chi connectivity index (χ1v) is 27.3. The third-order valence-corrected chi connectivity index (χ3v) is 12.1. The van der Waals surface area contributed by atoms with Crippen molar-refractivity contribution < 1.29 is 15.0 Å². The number of allylic oxidation sites excluding steroid dienone is 13. The Hall–Kier alpha value is -2.43. The topological polar surface area (TPSA) is 69.6 Å². The lowest BCUT2D eigenvalue weighted by molar-refractivity contribution is -0.123. The number of nitrogens with one attached hydrogen (secondary N) is 1. The average molecular weight is 876 g/mol. The van der Waals surface area contributed by atoms with Gasteiger partial charge in [-0.15, -0.1) is 0 Å². The maximum atomic E-state index is 12.5. The number of amides is 1. The van der Waals surface area contributed by atoms with Crippen molar-refractivity contribution in [2.24, 2.45) is 0 Å². The minimum absolute atomic E-state index is 0.0815. The number of hydrogen-bond donors (Lipinski definition) is 3. The van der Waals surface area contributed by atoms with Gasteiger partial charge in [0.05, 0.1) is 18.8 Å². The van der Waals surface area contributed by atoms with Crippen molar-refractivity contribution in [3.8, 4) is 0 Å². The molecule has 4 nitrogen and oxygen atoms in total. The van der Waals surface area contributed by atoms with E-state index in [-0.39, 0.29) is 12.5 Å². The molecule has 2 unspecified atom stereocenters. The Morgan fingerprint density at radius 2 is 0.714 bits per heavy atom. The number of carbonyl (C=O) groups excluding carboxylic acids is 1. The minimum Gasteiger partial charge on any atom is -0.394 e. The van der Waals surface area contributed by atoms with Gasteiger partial charge in [-0.05, 0) is 77.0 Å². The SMILES string of the molecule is CC/C=C\C/C=C\C/C=C\C/C=C\C/C=C\CCCCCCCCCCCC(=O)NC(CO)C(O)/C=C/CC/C=C/CCCCCCCCCCCCCCCCCCCCCC. The van der Waals surface area contributed by atoms with Crippen LogP contribution in [0.15, 0.2) is 85.1 Å². The zero-order chi connectivity index (χ0) is 45.6. The lowest BCUT2D eigenvalue weighted by Gasteiger charge is -2.19. The van der Waals surface area contributed by atoms with Crippen LogP contribution in [0.5, 0.6) is 0 Å². The van der Waals surface area contributed by atoms with Crippen LogP contribution in [0.3, 0.4) is 0 Å². The van der Waals surface area contributed by atoms with E-state index >= 15 is 0 Å². The van der Waals surface area contributed by atoms with E-state index in [0.29, 0.717) is 6.42 Å². The molecular weight excluding hydrogens is 771 g/mol. The van der Waals surface area contributed by atoms with E-state index in [1.165, 1.54) is 173 Å². The molecule has 0 aliphatic rings. The second kappa shape index (κ2) is 53.9. The van der Waals surface area contributed by atoms with E-state index in [9.17, 15) is 15.0 Å². The number of unbranched alkanes of at least 4 members (excludes halogenated alkanes) is 30. The highest BCUT2D eigenvalue weighted by molar-refractivity contribution is 5.76. The molecule has 0 rings (SSSR count). The largest absolute Gasteiger partial charge is 0.394 e. The molecule has 0 bridgehead atoms. The summed E-state index contributed by atoms with van der Waals surface area (Å²) < 4.78 is 0. The van der Waals surface area contributed by atoms with E-state index in [1.807, 2.05) is 6.08 Å². The molecule has 0 aromatic rings. The smallest absolute Gasteiger partial charge is 0.220 e. The number of carbonyl (C=O) groups is 1. The zero-order valence-corrected chi connectivity index (χ0v) is 41.8. The number of hydrogen-bond acceptors (Lipinski definition) is 3. The lowest BCUT2D eigenvalue weighted by Crippen LogP contribution is -2.45. The highest BCUT2D eigenvalue weighted by Gasteiger charge is 2.17. The van der Waals surface area contributed by atoms with Crippen LogP contribution in [-0.2, 0) is 4.79 Å². The fraction of sp³-hybridized carbons (Fsp3) is 0.746. The van der Waals surface area contributed by atoms with Crippen molar-refractivity contribution in [3.63, 3.8) is 0 Å². The first kappa shape index (κ1) is 60.6. The molecule has 0 aliphatic heterocycles. The van der Waals surface area contributed by atoms with E-state index in [2.05, 4.69) is 92.1 Å². The number of rotatable bonds is 49. The van der Waals surface area contributed by atoms with Crippen LogP contribution < -0.4 is 5.32 Å². The number of aliphatic hydroxyl groups excluding tert-OH is 2. The summed E-state index contributed by atoms with van der Waals surface area (Å²) in [6, 6.07) is -0.649. The summed E-state index contributed by atoms with van der Waals surface area (Å²) in [4.78, 5) is 12.5. The Bertz CT molecular complexity index is 1130. The van der Waals surface area contributed by atoms with Crippen molar-refractivity contribution in [1.82, 2.24) is 5.32 Å². The summed E-state index contributed by atoms with van der Waals surface area (Å²) in [6.07, 6.45) is 78.8. The molecule has 3 N–H and O–H groups in total. The van der Waals surface area contributed by atoms with Gasteiger partial charge < -0.3 is 15.5 Å². The first-order valence-electron chi connectivity index (χ1n) is 27.3. The van der Waals surface area contributed by atoms with E-state index in [4.69, 9.17) is 0 Å². The monoisotopic (exact) mass is 876 g/mol. The van der Waals surface area contributed by atoms with Gasteiger partial charge in [0.2, 0.25) is 5.91 Å². The summed E-state index contributed by atoms with van der Waals surface area (Å²) in [5, 5.41) is 23.1. The van der Waals surface area contributed by atoms with Crippen LogP contribution >= 0.6 is 0 Å². The fourth-order valence-electron chi connectivity index (χ4n) is 7.99. The fourth-order valence-corrected chi connectivity index (χ4v) is 7.99. The van der Waals surface area contributed by atoms with Crippen LogP contribution in [0.4, 0.5) is 0 Å². The minimum atomic E-state index is -0.871. The Morgan fingerprint density at radius 3 is 1.11 bits per heavy atom. The Balaban J connectivity index is 3.58. The molecule has 0 heterocycles. The predicted molar refractivity (Wildman–Crippen MR) is 280 cm³/mol. The quantitative estimate of drug-likeness (QED) is 0.0421. The van der Waals surface area contributed by atoms with Crippen molar-refractivity contribution in [2.45, 2.75) is 276 Å². The second-order valence-corrected chi connectivity index (χ2v) is 18.3. The van der Waals surface area contributed by atoms with Gasteiger partial charge in [0.15, 0.2) is 0 Å². The average Bonchev–Trinajstić information content (AvgIpc) is 3.29. The summed E-state index contributed by atoms with van der Waals surface area (Å²) in [6.45, 7) is 4.20. The molecule has 0 saturated carbocycles. The van der Waals surface area contributed by atoms with E-state index in [0.717, 1.165) is 70.6 Å². The molecule has 1 amide bonds. The maximum absolute atomic E-state index is 12.5. The lowest BCUT2D eigenvalue weighted by atomic mass is 10.0. The van der Waals surface area contributed by atoms with Crippen molar-refractivity contribution >= 4 is 5.91 Å². The Kier molecular flexibility index (Phi) is 51.8. The predicted octanol–water partition coefficient (Wildman–Crippen LogP) is 18.0. The van der Waals surface area contributed by atoms with Crippen molar-refractivity contribution in [1.29, 1.82) is 0 Å². The molecule has 63 heavy (non-hydrogen) atoms. The molecular formula is C59H105NO3. The van der Waals surface area contributed by atoms with Gasteiger partial charge in [0.1, 0.15) is 0 Å². The van der Waals surface area contributed by atoms with Crippen LogP contribution in [0, 0.1) is 0 Å². The summed E-state index contributed by atoms with van der Waals surface area (Å²) in [7, 11) is 0. The van der Waals surface area contributed by atoms with Gasteiger partial charge in [-0.25, -0.2) is 0 Å². The van der Waals surface area contributed by atoms with Crippen LogP contribution in [-0.4, -0.2) is 34.9 Å². The van der Waals surface area contributed by atoms with Gasteiger partial charge in [-0.1, -0.05) is 266 Å². The van der Waals surface area contributed by atoms with Gasteiger partial charge in [0.25, 0.3) is 0 Å². The maximum Gasteiger partial charge on any atom is 0.220 e. The Labute approximate surface area is 392 Å². The van der Waals surface area contributed by atoms with Crippen LogP contribution in [0.2, 0.25) is 0 Å². The highest BCUT2D eigenvalue weighted by atomic mass is 16.3. The van der Waals surface area contributed by atoms with Crippen LogP contribution in [0.25, 0.3) is 0 Å². The number of aliphatic hydroxyl groups is 2. The van der Waals surface area contributed by atoms with Crippen LogP contribution in [0.1, 0.15) is 264 Å². The standard InChI is InChI=1S/C59H105NO3/c1-3-5-7-9-11-13-15-17-19-21-23-25-27-29-31-32-34-36-38-40-42-44-46-48-50-52-54-58(62)57(56-61)60-59(63)55-53-51-49-47-45-43-41-39-37-35-33-30-28-26-24-22-20-18-16-14-12-10-8-6-4-2/h6,8,12,14,18,20,24,26,30,33,44,46,52,54,57-58,61-62H,3-5,7,9-11,13,15-17,19,21-23,25,27-29,31-32,34-43,45,47-51,53,55-56H2,1-2H3,(H,60,63)/b8-6-,14-12-,20-18-,26-24-,33-30-,46-44+,54-52+. The van der Waals surface area contributed by atoms with Crippen molar-refractivity contribution in [3.05, 3.63) is 85.1 Å². The van der Waals surface area contributed by atoms with Gasteiger partial charge >= 0.3 is 0 Å². The first-order chi connectivity index (χ1) is 31.2. The summed E-state index contributed by atoms with van der Waals surface area (Å²) >= 11 is 0. The molecule has 0 fully saturated rings. The van der Waals surface area contributed by atoms with Gasteiger partial charge in [0, 0.05) is 6.42 Å². The van der Waals surface area contributed by atoms with Gasteiger partial charge in [-0.2, -0.15) is 0 Å². The van der Waals surface area contributed by atoms with Crippen molar-refractivity contribution in [2.75, 3.05) is 6.61 Å². The molecule has 0 saturated heterocycles. The van der Waals surface area contributed by atoms with E-state index in [1.54, 1.807) is 6.08 Å². The molecule has 0 aromatic heterocycles. The Morgan fingerprint density at radius 1 is 0.397 bits per heavy atom.